The van der Waals surface area contributed by atoms with E-state index in [1.54, 1.807) is 0 Å². The maximum atomic E-state index is 12.1. The molecule has 0 spiro atoms. The van der Waals surface area contributed by atoms with Gasteiger partial charge >= 0.3 is 0 Å². The molecule has 1 N–H and O–H groups in total. The number of hydrogen-bond donors (Lipinski definition) is 1. The molecule has 1 aliphatic heterocycles. The molecule has 0 saturated heterocycles. The second-order valence-corrected chi connectivity index (χ2v) is 5.55. The summed E-state index contributed by atoms with van der Waals surface area (Å²) < 4.78 is 5.69. The number of amides is 1. The van der Waals surface area contributed by atoms with Gasteiger partial charge in [-0.2, -0.15) is 0 Å². The third-order valence-electron chi connectivity index (χ3n) is 3.73. The lowest BCUT2D eigenvalue weighted by Crippen LogP contribution is -2.43. The number of carbonyl (C=O) groups excluding carboxylic acids is 1. The SMILES string of the molecule is Cc1ccc(CC(=O)NC2COc3ccccc3C2)cc1. The van der Waals surface area contributed by atoms with Crippen LogP contribution in [0.1, 0.15) is 16.7 Å². The third-order valence-corrected chi connectivity index (χ3v) is 3.73. The number of nitrogens with one attached hydrogen (secondary N) is 1. The molecule has 2 aromatic carbocycles. The molecule has 3 nitrogen and oxygen atoms in total. The van der Waals surface area contributed by atoms with Gasteiger partial charge in [0, 0.05) is 0 Å². The zero-order valence-corrected chi connectivity index (χ0v) is 12.1. The second kappa shape index (κ2) is 6.00. The van der Waals surface area contributed by atoms with Gasteiger partial charge in [-0.1, -0.05) is 48.0 Å². The Morgan fingerprint density at radius 3 is 2.76 bits per heavy atom. The van der Waals surface area contributed by atoms with Gasteiger partial charge in [-0.05, 0) is 30.5 Å². The van der Waals surface area contributed by atoms with Crippen LogP contribution in [-0.2, 0) is 17.6 Å². The molecule has 0 radical (unpaired) electrons. The summed E-state index contributed by atoms with van der Waals surface area (Å²) in [6, 6.07) is 16.1. The molecule has 3 rings (SSSR count). The Hall–Kier alpha value is -2.29. The topological polar surface area (TPSA) is 38.3 Å². The highest BCUT2D eigenvalue weighted by Crippen LogP contribution is 2.23. The number of rotatable bonds is 3. The van der Waals surface area contributed by atoms with Crippen molar-refractivity contribution in [1.29, 1.82) is 0 Å². The lowest BCUT2D eigenvalue weighted by atomic mass is 10.0. The Labute approximate surface area is 124 Å². The molecular formula is C18H19NO2. The first kappa shape index (κ1) is 13.7. The summed E-state index contributed by atoms with van der Waals surface area (Å²) in [5.41, 5.74) is 3.40. The van der Waals surface area contributed by atoms with Crippen molar-refractivity contribution in [3.8, 4) is 5.75 Å². The number of aryl methyl sites for hydroxylation is 1. The van der Waals surface area contributed by atoms with E-state index in [0.717, 1.165) is 23.3 Å². The van der Waals surface area contributed by atoms with Gasteiger partial charge in [0.25, 0.3) is 0 Å². The van der Waals surface area contributed by atoms with Crippen molar-refractivity contribution < 1.29 is 9.53 Å². The monoisotopic (exact) mass is 281 g/mol. The predicted octanol–water partition coefficient (Wildman–Crippen LogP) is 2.66. The molecule has 1 atom stereocenters. The highest BCUT2D eigenvalue weighted by molar-refractivity contribution is 5.79. The molecule has 1 amide bonds. The largest absolute Gasteiger partial charge is 0.491 e. The van der Waals surface area contributed by atoms with Crippen LogP contribution in [0.15, 0.2) is 48.5 Å². The summed E-state index contributed by atoms with van der Waals surface area (Å²) >= 11 is 0. The normalized spacial score (nSPS) is 16.7. The van der Waals surface area contributed by atoms with Crippen LogP contribution in [0.2, 0.25) is 0 Å². The van der Waals surface area contributed by atoms with Crippen molar-refractivity contribution in [2.45, 2.75) is 25.8 Å². The van der Waals surface area contributed by atoms with Crippen LogP contribution in [0.25, 0.3) is 0 Å². The lowest BCUT2D eigenvalue weighted by Gasteiger charge is -2.26. The first-order valence-electron chi connectivity index (χ1n) is 7.26. The van der Waals surface area contributed by atoms with E-state index in [1.807, 2.05) is 55.5 Å². The molecule has 2 aromatic rings. The van der Waals surface area contributed by atoms with Crippen LogP contribution in [0.5, 0.6) is 5.75 Å². The van der Waals surface area contributed by atoms with Crippen molar-refractivity contribution in [2.24, 2.45) is 0 Å². The number of carbonyl (C=O) groups is 1. The van der Waals surface area contributed by atoms with Gasteiger partial charge in [0.1, 0.15) is 12.4 Å². The first-order chi connectivity index (χ1) is 10.2. The van der Waals surface area contributed by atoms with E-state index in [2.05, 4.69) is 5.32 Å². The highest BCUT2D eigenvalue weighted by Gasteiger charge is 2.20. The first-order valence-corrected chi connectivity index (χ1v) is 7.26. The number of benzene rings is 2. The minimum Gasteiger partial charge on any atom is -0.491 e. The average molecular weight is 281 g/mol. The van der Waals surface area contributed by atoms with Gasteiger partial charge in [-0.25, -0.2) is 0 Å². The van der Waals surface area contributed by atoms with E-state index in [0.29, 0.717) is 13.0 Å². The van der Waals surface area contributed by atoms with E-state index in [1.165, 1.54) is 5.56 Å². The van der Waals surface area contributed by atoms with E-state index in [9.17, 15) is 4.79 Å². The minimum absolute atomic E-state index is 0.0480. The maximum absolute atomic E-state index is 12.1. The molecular weight excluding hydrogens is 262 g/mol. The summed E-state index contributed by atoms with van der Waals surface area (Å²) in [6.07, 6.45) is 1.24. The van der Waals surface area contributed by atoms with E-state index in [4.69, 9.17) is 4.74 Å². The lowest BCUT2D eigenvalue weighted by molar-refractivity contribution is -0.121. The van der Waals surface area contributed by atoms with Gasteiger partial charge in [-0.3, -0.25) is 4.79 Å². The Kier molecular flexibility index (Phi) is 3.91. The molecule has 1 aliphatic rings. The number of fused-ring (bicyclic) bond motifs is 1. The molecule has 3 heteroatoms. The zero-order valence-electron chi connectivity index (χ0n) is 12.1. The third kappa shape index (κ3) is 3.43. The van der Waals surface area contributed by atoms with Gasteiger partial charge in [0.05, 0.1) is 12.5 Å². The molecule has 1 unspecified atom stereocenters. The summed E-state index contributed by atoms with van der Waals surface area (Å²) in [4.78, 5) is 12.1. The molecule has 0 saturated carbocycles. The van der Waals surface area contributed by atoms with Crippen molar-refractivity contribution in [1.82, 2.24) is 5.32 Å². The standard InChI is InChI=1S/C18H19NO2/c1-13-6-8-14(9-7-13)10-18(20)19-16-11-15-4-2-3-5-17(15)21-12-16/h2-9,16H,10-12H2,1H3,(H,19,20). The van der Waals surface area contributed by atoms with Crippen LogP contribution in [-0.4, -0.2) is 18.6 Å². The Morgan fingerprint density at radius 2 is 1.95 bits per heavy atom. The van der Waals surface area contributed by atoms with Crippen molar-refractivity contribution in [3.05, 3.63) is 65.2 Å². The molecule has 0 aromatic heterocycles. The summed E-state index contributed by atoms with van der Waals surface area (Å²) in [5.74, 6) is 0.980. The van der Waals surface area contributed by atoms with Crippen molar-refractivity contribution in [3.63, 3.8) is 0 Å². The fourth-order valence-corrected chi connectivity index (χ4v) is 2.59. The van der Waals surface area contributed by atoms with Crippen LogP contribution >= 0.6 is 0 Å². The van der Waals surface area contributed by atoms with Crippen molar-refractivity contribution >= 4 is 5.91 Å². The zero-order chi connectivity index (χ0) is 14.7. The second-order valence-electron chi connectivity index (χ2n) is 5.55. The van der Waals surface area contributed by atoms with Gasteiger partial charge < -0.3 is 10.1 Å². The van der Waals surface area contributed by atoms with Gasteiger partial charge in [-0.15, -0.1) is 0 Å². The average Bonchev–Trinajstić information content (AvgIpc) is 2.49. The van der Waals surface area contributed by atoms with Crippen LogP contribution in [0, 0.1) is 6.92 Å². The molecule has 0 fully saturated rings. The van der Waals surface area contributed by atoms with Crippen LogP contribution in [0.3, 0.4) is 0 Å². The van der Waals surface area contributed by atoms with Crippen molar-refractivity contribution in [2.75, 3.05) is 6.61 Å². The predicted molar refractivity (Wildman–Crippen MR) is 82.5 cm³/mol. The fourth-order valence-electron chi connectivity index (χ4n) is 2.59. The Bertz CT molecular complexity index is 634. The maximum Gasteiger partial charge on any atom is 0.224 e. The summed E-state index contributed by atoms with van der Waals surface area (Å²) in [5, 5.41) is 3.06. The molecule has 0 aliphatic carbocycles. The highest BCUT2D eigenvalue weighted by atomic mass is 16.5. The Morgan fingerprint density at radius 1 is 1.19 bits per heavy atom. The van der Waals surface area contributed by atoms with Crippen LogP contribution < -0.4 is 10.1 Å². The molecule has 0 bridgehead atoms. The summed E-state index contributed by atoms with van der Waals surface area (Å²) in [6.45, 7) is 2.58. The quantitative estimate of drug-likeness (QED) is 0.939. The number of ether oxygens (including phenoxy) is 1. The molecule has 21 heavy (non-hydrogen) atoms. The minimum atomic E-state index is 0.0480. The number of para-hydroxylation sites is 1. The van der Waals surface area contributed by atoms with E-state index < -0.39 is 0 Å². The van der Waals surface area contributed by atoms with E-state index in [-0.39, 0.29) is 11.9 Å². The summed E-state index contributed by atoms with van der Waals surface area (Å²) in [7, 11) is 0. The molecule has 1 heterocycles. The van der Waals surface area contributed by atoms with E-state index >= 15 is 0 Å². The van der Waals surface area contributed by atoms with Gasteiger partial charge in [0.2, 0.25) is 5.91 Å². The Balaban J connectivity index is 1.57. The van der Waals surface area contributed by atoms with Crippen LogP contribution in [0.4, 0.5) is 0 Å². The fraction of sp³-hybridized carbons (Fsp3) is 0.278. The van der Waals surface area contributed by atoms with Gasteiger partial charge in [0.15, 0.2) is 0 Å². The number of hydrogen-bond acceptors (Lipinski definition) is 2. The molecule has 108 valence electrons. The smallest absolute Gasteiger partial charge is 0.224 e.